The van der Waals surface area contributed by atoms with E-state index in [1.807, 2.05) is 23.3 Å². The van der Waals surface area contributed by atoms with Crippen LogP contribution in [-0.4, -0.2) is 152 Å². The lowest BCUT2D eigenvalue weighted by molar-refractivity contribution is -0.136. The lowest BCUT2D eigenvalue weighted by Gasteiger charge is -2.50. The van der Waals surface area contributed by atoms with Crippen LogP contribution in [0.2, 0.25) is 0 Å². The highest BCUT2D eigenvalue weighted by atomic mass is 32.2. The molecule has 0 bridgehead atoms. The van der Waals surface area contributed by atoms with E-state index in [2.05, 4.69) is 35.4 Å². The number of likely N-dealkylation sites (tertiary alicyclic amines) is 2. The van der Waals surface area contributed by atoms with E-state index in [0.29, 0.717) is 82.3 Å². The second-order valence-electron chi connectivity index (χ2n) is 19.1. The molecule has 4 amide bonds. The maximum atomic E-state index is 15.4. The Balaban J connectivity index is 0.679. The molecular weight excluding hydrogens is 892 g/mol. The van der Waals surface area contributed by atoms with Crippen LogP contribution in [0, 0.1) is 24.4 Å². The molecule has 6 aliphatic rings. The summed E-state index contributed by atoms with van der Waals surface area (Å²) in [6.07, 6.45) is 5.11. The maximum absolute atomic E-state index is 15.4. The number of piperidine rings is 4. The maximum Gasteiger partial charge on any atom is 0.262 e. The van der Waals surface area contributed by atoms with Crippen LogP contribution in [0.15, 0.2) is 30.5 Å². The van der Waals surface area contributed by atoms with Gasteiger partial charge in [-0.15, -0.1) is 0 Å². The zero-order valence-electron chi connectivity index (χ0n) is 37.7. The zero-order valence-corrected chi connectivity index (χ0v) is 38.5. The molecule has 10 rings (SSSR count). The number of fused-ring (bicyclic) bond motifs is 2. The molecule has 5 fully saturated rings. The first-order chi connectivity index (χ1) is 32.0. The molecule has 8 heterocycles. The van der Waals surface area contributed by atoms with Gasteiger partial charge in [-0.1, -0.05) is 0 Å². The fourth-order valence-electron chi connectivity index (χ4n) is 11.1. The van der Waals surface area contributed by atoms with Crippen LogP contribution in [0.3, 0.4) is 0 Å². The second-order valence-corrected chi connectivity index (χ2v) is 21.3. The standard InChI is InChI=1S/C46H54F3N11O6S/c1-25(2)59-26(3)51-42-35(48)18-27(19-39(42)59)41-36(49)22-50-46(54-41)52-28-6-16-58(17-7-28)67(65,66)31-10-14-55(15-11-31)29-8-12-56(13-9-29)30-23-57(24-30)38-21-33-32(20-34(38)47)44(63)60(45(33)64)37-4-5-40(61)53-43(37)62/h18-22,25,28-31,37H,4-17,23-24H2,1-3H3,(H,50,52,54)(H,53,61,62). The van der Waals surface area contributed by atoms with Gasteiger partial charge >= 0.3 is 0 Å². The molecule has 0 saturated carbocycles. The van der Waals surface area contributed by atoms with Crippen molar-refractivity contribution in [1.82, 2.24) is 43.8 Å². The number of halogens is 3. The molecule has 2 aromatic heterocycles. The van der Waals surface area contributed by atoms with Crippen LogP contribution in [0.4, 0.5) is 24.8 Å². The Morgan fingerprint density at radius 3 is 2.09 bits per heavy atom. The van der Waals surface area contributed by atoms with E-state index in [1.54, 1.807) is 17.3 Å². The molecule has 356 valence electrons. The van der Waals surface area contributed by atoms with Crippen molar-refractivity contribution < 1.29 is 40.8 Å². The molecule has 0 aliphatic carbocycles. The summed E-state index contributed by atoms with van der Waals surface area (Å²) in [4.78, 5) is 71.0. The number of hydrogen-bond donors (Lipinski definition) is 2. The number of nitrogens with one attached hydrogen (secondary N) is 2. The predicted molar refractivity (Wildman–Crippen MR) is 241 cm³/mol. The Hall–Kier alpha value is -5.51. The SMILES string of the molecule is Cc1nc2c(F)cc(-c3nc(NC4CCN(S(=O)(=O)C5CCN(C6CCN(C7CN(c8cc9c(cc8F)C(=O)N(C8CCC(=O)NC8=O)C9=O)C7)CC6)CC5)CC4)ncc3F)cc2n1C(C)C. The van der Waals surface area contributed by atoms with Gasteiger partial charge in [-0.3, -0.25) is 34.3 Å². The minimum absolute atomic E-state index is 0.0000413. The van der Waals surface area contributed by atoms with Crippen LogP contribution in [0.25, 0.3) is 22.3 Å². The monoisotopic (exact) mass is 945 g/mol. The van der Waals surface area contributed by atoms with Gasteiger partial charge in [0.15, 0.2) is 11.6 Å². The molecule has 67 heavy (non-hydrogen) atoms. The minimum Gasteiger partial charge on any atom is -0.366 e. The molecule has 17 nitrogen and oxygen atoms in total. The summed E-state index contributed by atoms with van der Waals surface area (Å²) >= 11 is 0. The molecule has 0 spiro atoms. The lowest BCUT2D eigenvalue weighted by atomic mass is 9.96. The lowest BCUT2D eigenvalue weighted by Crippen LogP contribution is -2.62. The Kier molecular flexibility index (Phi) is 11.9. The summed E-state index contributed by atoms with van der Waals surface area (Å²) < 4.78 is 77.1. The third-order valence-corrected chi connectivity index (χ3v) is 17.1. The van der Waals surface area contributed by atoms with Gasteiger partial charge in [0.1, 0.15) is 28.9 Å². The number of imide groups is 2. The Labute approximate surface area is 386 Å². The number of amides is 4. The van der Waals surface area contributed by atoms with E-state index in [1.165, 1.54) is 12.1 Å². The van der Waals surface area contributed by atoms with Gasteiger partial charge in [0.2, 0.25) is 27.8 Å². The first-order valence-electron chi connectivity index (χ1n) is 23.3. The van der Waals surface area contributed by atoms with E-state index in [-0.39, 0.29) is 70.5 Å². The van der Waals surface area contributed by atoms with Crippen LogP contribution in [0.5, 0.6) is 0 Å². The highest BCUT2D eigenvalue weighted by Gasteiger charge is 2.46. The topological polar surface area (TPSA) is 186 Å². The van der Waals surface area contributed by atoms with Gasteiger partial charge in [0, 0.05) is 75.4 Å². The predicted octanol–water partition coefficient (Wildman–Crippen LogP) is 4.22. The number of benzene rings is 2. The van der Waals surface area contributed by atoms with Gasteiger partial charge in [0.05, 0.1) is 33.8 Å². The quantitative estimate of drug-likeness (QED) is 0.216. The molecule has 5 saturated heterocycles. The summed E-state index contributed by atoms with van der Waals surface area (Å²) in [6, 6.07) is 4.70. The van der Waals surface area contributed by atoms with Gasteiger partial charge in [-0.05, 0) is 103 Å². The fourth-order valence-corrected chi connectivity index (χ4v) is 13.1. The number of nitrogens with zero attached hydrogens (tertiary/aromatic N) is 9. The molecule has 6 aliphatic heterocycles. The molecule has 2 N–H and O–H groups in total. The summed E-state index contributed by atoms with van der Waals surface area (Å²) in [6.45, 7) is 10.6. The van der Waals surface area contributed by atoms with Crippen molar-refractivity contribution in [1.29, 1.82) is 0 Å². The van der Waals surface area contributed by atoms with Crippen molar-refractivity contribution in [2.24, 2.45) is 0 Å². The molecule has 1 atom stereocenters. The van der Waals surface area contributed by atoms with Crippen molar-refractivity contribution in [3.63, 3.8) is 0 Å². The number of aromatic nitrogens is 4. The van der Waals surface area contributed by atoms with E-state index in [0.717, 1.165) is 43.1 Å². The summed E-state index contributed by atoms with van der Waals surface area (Å²) in [5.41, 5.74) is 1.20. The number of carbonyl (C=O) groups excluding carboxylic acids is 4. The zero-order chi connectivity index (χ0) is 47.1. The highest BCUT2D eigenvalue weighted by molar-refractivity contribution is 7.89. The van der Waals surface area contributed by atoms with E-state index in [4.69, 9.17) is 0 Å². The van der Waals surface area contributed by atoms with Crippen LogP contribution >= 0.6 is 0 Å². The molecule has 1 unspecified atom stereocenters. The Morgan fingerprint density at radius 1 is 0.761 bits per heavy atom. The van der Waals surface area contributed by atoms with Crippen LogP contribution in [-0.2, 0) is 19.6 Å². The highest BCUT2D eigenvalue weighted by Crippen LogP contribution is 2.37. The molecule has 21 heteroatoms. The summed E-state index contributed by atoms with van der Waals surface area (Å²) in [5, 5.41) is 4.97. The van der Waals surface area contributed by atoms with Crippen molar-refractivity contribution in [3.05, 3.63) is 64.9 Å². The fraction of sp³-hybridized carbons (Fsp3) is 0.543. The third-order valence-electron chi connectivity index (χ3n) is 14.7. The first kappa shape index (κ1) is 45.3. The number of carbonyl (C=O) groups is 4. The average molecular weight is 946 g/mol. The molecule has 2 aromatic carbocycles. The van der Waals surface area contributed by atoms with Gasteiger partial charge in [0.25, 0.3) is 11.8 Å². The van der Waals surface area contributed by atoms with E-state index in [9.17, 15) is 27.6 Å². The van der Waals surface area contributed by atoms with Crippen LogP contribution in [0.1, 0.15) is 97.8 Å². The Bertz CT molecular complexity index is 2780. The third kappa shape index (κ3) is 8.24. The van der Waals surface area contributed by atoms with Crippen molar-refractivity contribution in [2.75, 3.05) is 62.6 Å². The van der Waals surface area contributed by atoms with Gasteiger partial charge < -0.3 is 19.7 Å². The van der Waals surface area contributed by atoms with Gasteiger partial charge in [-0.2, -0.15) is 0 Å². The number of imidazole rings is 1. The summed E-state index contributed by atoms with van der Waals surface area (Å²) in [7, 11) is -3.53. The molecule has 4 aromatic rings. The Morgan fingerprint density at radius 2 is 1.42 bits per heavy atom. The van der Waals surface area contributed by atoms with Crippen molar-refractivity contribution in [3.8, 4) is 11.3 Å². The summed E-state index contributed by atoms with van der Waals surface area (Å²) in [5.74, 6) is -3.62. The van der Waals surface area contributed by atoms with Crippen molar-refractivity contribution >= 4 is 56.3 Å². The van der Waals surface area contributed by atoms with E-state index < -0.39 is 62.4 Å². The second kappa shape index (κ2) is 17.5. The molecule has 0 radical (unpaired) electrons. The average Bonchev–Trinajstić information content (AvgIpc) is 3.75. The number of hydrogen-bond acceptors (Lipinski definition) is 13. The largest absolute Gasteiger partial charge is 0.366 e. The number of sulfonamides is 1. The minimum atomic E-state index is -3.53. The smallest absolute Gasteiger partial charge is 0.262 e. The first-order valence-corrected chi connectivity index (χ1v) is 24.8. The van der Waals surface area contributed by atoms with Crippen LogP contribution < -0.4 is 15.5 Å². The molecular formula is C46H54F3N11O6S. The van der Waals surface area contributed by atoms with Crippen molar-refractivity contribution in [2.45, 2.75) is 108 Å². The van der Waals surface area contributed by atoms with E-state index >= 15 is 13.2 Å². The van der Waals surface area contributed by atoms with Gasteiger partial charge in [-0.25, -0.2) is 40.8 Å². The number of anilines is 2. The number of aryl methyl sites for hydroxylation is 1. The normalized spacial score (nSPS) is 22.6. The number of rotatable bonds is 10.